The molecule has 0 atom stereocenters. The van der Waals surface area contributed by atoms with Crippen molar-refractivity contribution in [3.63, 3.8) is 0 Å². The van der Waals surface area contributed by atoms with E-state index in [1.807, 2.05) is 36.4 Å². The molecule has 0 spiro atoms. The van der Waals surface area contributed by atoms with Crippen LogP contribution >= 0.6 is 22.9 Å². The fourth-order valence-corrected chi connectivity index (χ4v) is 4.41. The van der Waals surface area contributed by atoms with Crippen LogP contribution in [0.4, 0.5) is 5.69 Å². The molecule has 2 aromatic heterocycles. The average molecular weight is 398 g/mol. The average Bonchev–Trinajstić information content (AvgIpc) is 3.05. The molecule has 2 heterocycles. The fourth-order valence-electron chi connectivity index (χ4n) is 2.96. The Morgan fingerprint density at radius 3 is 2.74 bits per heavy atom. The van der Waals surface area contributed by atoms with Crippen LogP contribution in [-0.4, -0.2) is 15.5 Å². The summed E-state index contributed by atoms with van der Waals surface area (Å²) in [6.07, 6.45) is 2.34. The third-order valence-corrected chi connectivity index (χ3v) is 5.83. The van der Waals surface area contributed by atoms with E-state index in [4.69, 9.17) is 11.6 Å². The molecular formula is C20H16ClN3O2S. The van der Waals surface area contributed by atoms with Crippen molar-refractivity contribution in [2.45, 2.75) is 19.9 Å². The summed E-state index contributed by atoms with van der Waals surface area (Å²) in [6, 6.07) is 13.2. The van der Waals surface area contributed by atoms with Gasteiger partial charge in [0, 0.05) is 15.8 Å². The van der Waals surface area contributed by atoms with Crippen molar-refractivity contribution in [3.05, 3.63) is 69.7 Å². The largest absolute Gasteiger partial charge is 0.325 e. The van der Waals surface area contributed by atoms with E-state index in [1.54, 1.807) is 6.07 Å². The third kappa shape index (κ3) is 3.34. The standard InChI is InChI=1S/C20H16ClN3O2S/c1-2-12-6-8-13(9-7-12)23-16(25)10-24-11-22-18-17-14(21)4-3-5-15(17)27-19(18)20(24)26/h3-9,11H,2,10H2,1H3,(H,23,25). The van der Waals surface area contributed by atoms with Gasteiger partial charge >= 0.3 is 0 Å². The molecule has 0 fully saturated rings. The second kappa shape index (κ2) is 7.13. The Kier molecular flexibility index (Phi) is 4.68. The van der Waals surface area contributed by atoms with Crippen molar-refractivity contribution in [2.24, 2.45) is 0 Å². The molecule has 0 saturated carbocycles. The summed E-state index contributed by atoms with van der Waals surface area (Å²) in [5, 5.41) is 4.16. The van der Waals surface area contributed by atoms with Gasteiger partial charge in [-0.3, -0.25) is 14.2 Å². The molecule has 0 aliphatic rings. The molecule has 0 aliphatic heterocycles. The molecule has 2 aromatic carbocycles. The zero-order chi connectivity index (χ0) is 19.0. The summed E-state index contributed by atoms with van der Waals surface area (Å²) in [4.78, 5) is 29.5. The van der Waals surface area contributed by atoms with Gasteiger partial charge in [0.25, 0.3) is 5.56 Å². The maximum atomic E-state index is 12.8. The molecule has 0 saturated heterocycles. The van der Waals surface area contributed by atoms with Crippen LogP contribution in [0, 0.1) is 0 Å². The van der Waals surface area contributed by atoms with Crippen LogP contribution in [0.5, 0.6) is 0 Å². The third-order valence-electron chi connectivity index (χ3n) is 4.38. The normalized spacial score (nSPS) is 11.2. The maximum Gasteiger partial charge on any atom is 0.271 e. The summed E-state index contributed by atoms with van der Waals surface area (Å²) < 4.78 is 2.72. The number of hydrogen-bond donors (Lipinski definition) is 1. The smallest absolute Gasteiger partial charge is 0.271 e. The quantitative estimate of drug-likeness (QED) is 0.552. The maximum absolute atomic E-state index is 12.8. The van der Waals surface area contributed by atoms with Crippen LogP contribution in [0.1, 0.15) is 12.5 Å². The van der Waals surface area contributed by atoms with Crippen molar-refractivity contribution in [2.75, 3.05) is 5.32 Å². The van der Waals surface area contributed by atoms with Crippen molar-refractivity contribution in [3.8, 4) is 0 Å². The highest BCUT2D eigenvalue weighted by molar-refractivity contribution is 7.25. The lowest BCUT2D eigenvalue weighted by Crippen LogP contribution is -2.27. The number of nitrogens with zero attached hydrogens (tertiary/aromatic N) is 2. The number of aryl methyl sites for hydroxylation is 1. The number of benzene rings is 2. The van der Waals surface area contributed by atoms with Gasteiger partial charge in [0.1, 0.15) is 11.2 Å². The predicted octanol–water partition coefficient (Wildman–Crippen LogP) is 4.47. The number of carbonyl (C=O) groups excluding carboxylic acids is 1. The Morgan fingerprint density at radius 2 is 2.00 bits per heavy atom. The van der Waals surface area contributed by atoms with Gasteiger partial charge in [-0.1, -0.05) is 36.7 Å². The predicted molar refractivity (Wildman–Crippen MR) is 111 cm³/mol. The minimum atomic E-state index is -0.276. The summed E-state index contributed by atoms with van der Waals surface area (Å²) in [6.45, 7) is 1.98. The second-order valence-electron chi connectivity index (χ2n) is 6.17. The first-order valence-electron chi connectivity index (χ1n) is 8.51. The van der Waals surface area contributed by atoms with Gasteiger partial charge in [0.05, 0.1) is 16.9 Å². The van der Waals surface area contributed by atoms with Crippen LogP contribution < -0.4 is 10.9 Å². The lowest BCUT2D eigenvalue weighted by atomic mass is 10.1. The Bertz CT molecular complexity index is 1210. The summed E-state index contributed by atoms with van der Waals surface area (Å²) in [7, 11) is 0. The van der Waals surface area contributed by atoms with Gasteiger partial charge < -0.3 is 5.32 Å². The first-order chi connectivity index (χ1) is 13.1. The lowest BCUT2D eigenvalue weighted by molar-refractivity contribution is -0.116. The van der Waals surface area contributed by atoms with E-state index >= 15 is 0 Å². The molecule has 136 valence electrons. The summed E-state index contributed by atoms with van der Waals surface area (Å²) in [5.41, 5.74) is 2.24. The Hall–Kier alpha value is -2.70. The minimum absolute atomic E-state index is 0.0979. The molecule has 0 aliphatic carbocycles. The Morgan fingerprint density at radius 1 is 1.22 bits per heavy atom. The molecule has 0 unspecified atom stereocenters. The molecule has 27 heavy (non-hydrogen) atoms. The molecule has 5 nitrogen and oxygen atoms in total. The van der Waals surface area contributed by atoms with E-state index in [9.17, 15) is 9.59 Å². The highest BCUT2D eigenvalue weighted by Crippen LogP contribution is 2.34. The van der Waals surface area contributed by atoms with E-state index in [0.717, 1.165) is 16.5 Å². The van der Waals surface area contributed by atoms with E-state index in [1.165, 1.54) is 27.8 Å². The first-order valence-corrected chi connectivity index (χ1v) is 9.71. The molecular weight excluding hydrogens is 382 g/mol. The van der Waals surface area contributed by atoms with E-state index < -0.39 is 0 Å². The van der Waals surface area contributed by atoms with Crippen molar-refractivity contribution in [1.29, 1.82) is 0 Å². The summed E-state index contributed by atoms with van der Waals surface area (Å²) >= 11 is 7.60. The number of fused-ring (bicyclic) bond motifs is 3. The molecule has 7 heteroatoms. The SMILES string of the molecule is CCc1ccc(NC(=O)Cn2cnc3c(sc4cccc(Cl)c43)c2=O)cc1. The topological polar surface area (TPSA) is 64.0 Å². The van der Waals surface area contributed by atoms with Crippen LogP contribution in [0.15, 0.2) is 53.6 Å². The molecule has 0 radical (unpaired) electrons. The summed E-state index contributed by atoms with van der Waals surface area (Å²) in [5.74, 6) is -0.276. The van der Waals surface area contributed by atoms with E-state index in [0.29, 0.717) is 20.9 Å². The minimum Gasteiger partial charge on any atom is -0.325 e. The number of nitrogens with one attached hydrogen (secondary N) is 1. The van der Waals surface area contributed by atoms with Crippen LogP contribution in [0.2, 0.25) is 5.02 Å². The van der Waals surface area contributed by atoms with Gasteiger partial charge in [0.15, 0.2) is 0 Å². The number of carbonyl (C=O) groups is 1. The zero-order valence-corrected chi connectivity index (χ0v) is 16.1. The van der Waals surface area contributed by atoms with Gasteiger partial charge in [0.2, 0.25) is 5.91 Å². The van der Waals surface area contributed by atoms with Gasteiger partial charge in [-0.05, 0) is 36.2 Å². The number of anilines is 1. The van der Waals surface area contributed by atoms with Crippen LogP contribution in [0.25, 0.3) is 20.3 Å². The molecule has 1 N–H and O–H groups in total. The lowest BCUT2D eigenvalue weighted by Gasteiger charge is -2.08. The number of aromatic nitrogens is 2. The highest BCUT2D eigenvalue weighted by Gasteiger charge is 2.15. The molecule has 4 aromatic rings. The Balaban J connectivity index is 1.62. The van der Waals surface area contributed by atoms with Crippen LogP contribution in [0.3, 0.4) is 0 Å². The molecule has 4 rings (SSSR count). The first kappa shape index (κ1) is 17.7. The van der Waals surface area contributed by atoms with Crippen molar-refractivity contribution >= 4 is 54.8 Å². The number of rotatable bonds is 4. The van der Waals surface area contributed by atoms with Crippen LogP contribution in [-0.2, 0) is 17.8 Å². The molecule has 1 amide bonds. The fraction of sp³-hybridized carbons (Fsp3) is 0.150. The van der Waals surface area contributed by atoms with Crippen molar-refractivity contribution < 1.29 is 4.79 Å². The molecule has 0 bridgehead atoms. The highest BCUT2D eigenvalue weighted by atomic mass is 35.5. The van der Waals surface area contributed by atoms with Gasteiger partial charge in [-0.15, -0.1) is 11.3 Å². The van der Waals surface area contributed by atoms with Gasteiger partial charge in [-0.2, -0.15) is 0 Å². The number of halogens is 1. The number of hydrogen-bond acceptors (Lipinski definition) is 4. The number of thiophene rings is 1. The zero-order valence-electron chi connectivity index (χ0n) is 14.5. The van der Waals surface area contributed by atoms with Crippen molar-refractivity contribution in [1.82, 2.24) is 9.55 Å². The monoisotopic (exact) mass is 397 g/mol. The van der Waals surface area contributed by atoms with E-state index in [-0.39, 0.29) is 18.0 Å². The van der Waals surface area contributed by atoms with Gasteiger partial charge in [-0.25, -0.2) is 4.98 Å². The van der Waals surface area contributed by atoms with E-state index in [2.05, 4.69) is 17.2 Å². The second-order valence-corrected chi connectivity index (χ2v) is 7.63. The number of amides is 1. The Labute approximate surface area is 164 Å².